The van der Waals surface area contributed by atoms with Crippen LogP contribution in [0, 0.1) is 5.95 Å². The van der Waals surface area contributed by atoms with Crippen molar-refractivity contribution in [2.45, 2.75) is 0 Å². The Balaban J connectivity index is 3.44. The molecule has 0 unspecified atom stereocenters. The molecular weight excluding hydrogens is 183 g/mol. The van der Waals surface area contributed by atoms with Crippen molar-refractivity contribution in [1.29, 1.82) is 0 Å². The van der Waals surface area contributed by atoms with Crippen molar-refractivity contribution in [3.8, 4) is 0 Å². The van der Waals surface area contributed by atoms with Gasteiger partial charge in [-0.15, -0.1) is 0 Å². The Hall–Kier alpha value is -1.92. The fourth-order valence-electron chi connectivity index (χ4n) is 0.843. The van der Waals surface area contributed by atoms with Crippen LogP contribution in [0.15, 0.2) is 0 Å². The molecule has 0 atom stereocenters. The highest BCUT2D eigenvalue weighted by Gasteiger charge is 2.26. The van der Waals surface area contributed by atoms with Crippen LogP contribution in [0.2, 0.25) is 0 Å². The molecule has 0 radical (unpaired) electrons. The van der Waals surface area contributed by atoms with Gasteiger partial charge in [0.15, 0.2) is 5.69 Å². The summed E-state index contributed by atoms with van der Waals surface area (Å²) in [6, 6.07) is 0. The molecule has 0 aliphatic carbocycles. The summed E-state index contributed by atoms with van der Waals surface area (Å²) < 4.78 is 13.5. The van der Waals surface area contributed by atoms with E-state index in [0.29, 0.717) is 4.68 Å². The number of aryl methyl sites for hydroxylation is 1. The lowest BCUT2D eigenvalue weighted by atomic mass is 10.2. The van der Waals surface area contributed by atoms with Crippen molar-refractivity contribution >= 4 is 11.9 Å². The molecule has 1 heterocycles. The van der Waals surface area contributed by atoms with Gasteiger partial charge in [-0.1, -0.05) is 0 Å². The first-order valence-corrected chi connectivity index (χ1v) is 3.14. The van der Waals surface area contributed by atoms with Crippen molar-refractivity contribution in [1.82, 2.24) is 9.78 Å². The Labute approximate surface area is 71.2 Å². The van der Waals surface area contributed by atoms with Gasteiger partial charge < -0.3 is 10.2 Å². The molecule has 0 fully saturated rings. The molecule has 0 aromatic carbocycles. The van der Waals surface area contributed by atoms with Crippen LogP contribution in [0.4, 0.5) is 4.39 Å². The smallest absolute Gasteiger partial charge is 0.357 e. The summed E-state index contributed by atoms with van der Waals surface area (Å²) in [6.07, 6.45) is 0. The highest BCUT2D eigenvalue weighted by Crippen LogP contribution is 2.11. The van der Waals surface area contributed by atoms with E-state index in [1.54, 1.807) is 0 Å². The minimum atomic E-state index is -1.65. The van der Waals surface area contributed by atoms with Gasteiger partial charge in [0, 0.05) is 7.05 Å². The average Bonchev–Trinajstić information content (AvgIpc) is 2.28. The van der Waals surface area contributed by atoms with E-state index >= 15 is 0 Å². The average molecular weight is 188 g/mol. The number of hydrogen-bond acceptors (Lipinski definition) is 3. The molecule has 0 saturated heterocycles. The molecule has 1 aromatic heterocycles. The molecule has 6 nitrogen and oxygen atoms in total. The zero-order valence-electron chi connectivity index (χ0n) is 6.48. The third kappa shape index (κ3) is 1.35. The van der Waals surface area contributed by atoms with Crippen LogP contribution in [0.3, 0.4) is 0 Å². The Kier molecular flexibility index (Phi) is 2.01. The summed E-state index contributed by atoms with van der Waals surface area (Å²) >= 11 is 0. The van der Waals surface area contributed by atoms with Crippen molar-refractivity contribution in [3.63, 3.8) is 0 Å². The standard InChI is InChI=1S/C6H5FN2O4/c1-9-4(7)2(5(10)11)3(8-9)6(12)13/h1H3,(H,10,11)(H,12,13). The second-order valence-electron chi connectivity index (χ2n) is 2.25. The summed E-state index contributed by atoms with van der Waals surface area (Å²) in [4.78, 5) is 20.8. The number of hydrogen-bond donors (Lipinski definition) is 2. The van der Waals surface area contributed by atoms with Gasteiger partial charge in [0.05, 0.1) is 0 Å². The number of carboxylic acid groups (broad SMARTS) is 2. The number of nitrogens with zero attached hydrogens (tertiary/aromatic N) is 2. The fourth-order valence-corrected chi connectivity index (χ4v) is 0.843. The van der Waals surface area contributed by atoms with Gasteiger partial charge in [0.1, 0.15) is 5.56 Å². The van der Waals surface area contributed by atoms with Gasteiger partial charge in [-0.25, -0.2) is 14.3 Å². The van der Waals surface area contributed by atoms with Gasteiger partial charge in [-0.3, -0.25) is 0 Å². The van der Waals surface area contributed by atoms with E-state index in [2.05, 4.69) is 5.10 Å². The van der Waals surface area contributed by atoms with Gasteiger partial charge in [-0.05, 0) is 0 Å². The van der Waals surface area contributed by atoms with E-state index in [9.17, 15) is 14.0 Å². The normalized spacial score (nSPS) is 10.0. The monoisotopic (exact) mass is 188 g/mol. The Morgan fingerprint density at radius 3 is 2.23 bits per heavy atom. The molecule has 13 heavy (non-hydrogen) atoms. The molecule has 70 valence electrons. The summed E-state index contributed by atoms with van der Waals surface area (Å²) in [7, 11) is 1.12. The summed E-state index contributed by atoms with van der Waals surface area (Å²) in [6.45, 7) is 0. The van der Waals surface area contributed by atoms with Crippen molar-refractivity contribution in [2.75, 3.05) is 0 Å². The quantitative estimate of drug-likeness (QED) is 0.679. The third-order valence-corrected chi connectivity index (χ3v) is 1.39. The molecule has 1 rings (SSSR count). The maximum absolute atomic E-state index is 12.9. The van der Waals surface area contributed by atoms with Crippen LogP contribution in [-0.2, 0) is 7.05 Å². The summed E-state index contributed by atoms with van der Waals surface area (Å²) in [5, 5.41) is 20.1. The van der Waals surface area contributed by atoms with E-state index in [0.717, 1.165) is 7.05 Å². The molecular formula is C6H5FN2O4. The largest absolute Gasteiger partial charge is 0.477 e. The maximum Gasteiger partial charge on any atom is 0.357 e. The Morgan fingerprint density at radius 1 is 1.38 bits per heavy atom. The number of aromatic carboxylic acids is 2. The van der Waals surface area contributed by atoms with Gasteiger partial charge >= 0.3 is 11.9 Å². The first-order chi connectivity index (χ1) is 5.95. The summed E-state index contributed by atoms with van der Waals surface area (Å²) in [5.41, 5.74) is -1.72. The highest BCUT2D eigenvalue weighted by molar-refractivity contribution is 6.00. The van der Waals surface area contributed by atoms with Crippen molar-refractivity contribution < 1.29 is 24.2 Å². The number of aromatic nitrogens is 2. The SMILES string of the molecule is Cn1nc(C(=O)O)c(C(=O)O)c1F. The lowest BCUT2D eigenvalue weighted by Gasteiger charge is -1.89. The lowest BCUT2D eigenvalue weighted by Crippen LogP contribution is -2.07. The first-order valence-electron chi connectivity index (χ1n) is 3.14. The zero-order chi connectivity index (χ0) is 10.2. The van der Waals surface area contributed by atoms with Crippen LogP contribution < -0.4 is 0 Å². The zero-order valence-corrected chi connectivity index (χ0v) is 6.48. The number of halogens is 1. The maximum atomic E-state index is 12.9. The predicted molar refractivity (Wildman–Crippen MR) is 37.1 cm³/mol. The molecule has 0 amide bonds. The van der Waals surface area contributed by atoms with Crippen LogP contribution >= 0.6 is 0 Å². The van der Waals surface area contributed by atoms with E-state index in [1.165, 1.54) is 0 Å². The second kappa shape index (κ2) is 2.85. The molecule has 1 aromatic rings. The van der Waals surface area contributed by atoms with Crippen LogP contribution in [0.1, 0.15) is 20.8 Å². The lowest BCUT2D eigenvalue weighted by molar-refractivity contribution is 0.0645. The Bertz CT molecular complexity index is 384. The molecule has 0 aliphatic heterocycles. The minimum absolute atomic E-state index is 0.562. The molecule has 0 saturated carbocycles. The number of carboxylic acids is 2. The second-order valence-corrected chi connectivity index (χ2v) is 2.25. The van der Waals surface area contributed by atoms with Crippen molar-refractivity contribution in [3.05, 3.63) is 17.2 Å². The molecule has 7 heteroatoms. The molecule has 0 spiro atoms. The third-order valence-electron chi connectivity index (χ3n) is 1.39. The number of rotatable bonds is 2. The fraction of sp³-hybridized carbons (Fsp3) is 0.167. The van der Waals surface area contributed by atoms with Crippen LogP contribution in [0.25, 0.3) is 0 Å². The van der Waals surface area contributed by atoms with E-state index in [-0.39, 0.29) is 0 Å². The van der Waals surface area contributed by atoms with Gasteiger partial charge in [0.2, 0.25) is 5.95 Å². The topological polar surface area (TPSA) is 92.4 Å². The Morgan fingerprint density at radius 2 is 1.92 bits per heavy atom. The van der Waals surface area contributed by atoms with E-state index in [4.69, 9.17) is 10.2 Å². The van der Waals surface area contributed by atoms with Gasteiger partial charge in [-0.2, -0.15) is 9.49 Å². The van der Waals surface area contributed by atoms with E-state index in [1.807, 2.05) is 0 Å². The minimum Gasteiger partial charge on any atom is -0.477 e. The van der Waals surface area contributed by atoms with Crippen molar-refractivity contribution in [2.24, 2.45) is 7.05 Å². The van der Waals surface area contributed by atoms with Crippen LogP contribution in [0.5, 0.6) is 0 Å². The van der Waals surface area contributed by atoms with E-state index < -0.39 is 29.1 Å². The molecule has 0 aliphatic rings. The molecule has 2 N–H and O–H groups in total. The summed E-state index contributed by atoms with van der Waals surface area (Å²) in [5.74, 6) is -4.40. The predicted octanol–water partition coefficient (Wildman–Crippen LogP) is -0.0444. The van der Waals surface area contributed by atoms with Gasteiger partial charge in [0.25, 0.3) is 0 Å². The highest BCUT2D eigenvalue weighted by atomic mass is 19.1. The first kappa shape index (κ1) is 9.17. The van der Waals surface area contributed by atoms with Crippen LogP contribution in [-0.4, -0.2) is 31.9 Å². The number of carbonyl (C=O) groups is 2. The molecule has 0 bridgehead atoms.